The van der Waals surface area contributed by atoms with E-state index in [1.54, 1.807) is 7.11 Å². The molecule has 1 amide bonds. The summed E-state index contributed by atoms with van der Waals surface area (Å²) in [4.78, 5) is 13.3. The van der Waals surface area contributed by atoms with Gasteiger partial charge < -0.3 is 15.0 Å². The number of likely N-dealkylation sites (tertiary alicyclic amines) is 1. The first-order valence-corrected chi connectivity index (χ1v) is 7.01. The third kappa shape index (κ3) is 4.56. The Morgan fingerprint density at radius 2 is 1.89 bits per heavy atom. The molecule has 0 radical (unpaired) electrons. The van der Waals surface area contributed by atoms with E-state index < -0.39 is 0 Å². The van der Waals surface area contributed by atoms with Gasteiger partial charge in [0.1, 0.15) is 5.75 Å². The van der Waals surface area contributed by atoms with E-state index in [2.05, 4.69) is 5.32 Å². The molecular formula is C15H23N2O2+. The zero-order valence-electron chi connectivity index (χ0n) is 11.6. The Bertz CT molecular complexity index is 397. The van der Waals surface area contributed by atoms with Crippen LogP contribution in [-0.4, -0.2) is 32.7 Å². The summed E-state index contributed by atoms with van der Waals surface area (Å²) >= 11 is 0. The topological polar surface area (TPSA) is 42.8 Å². The summed E-state index contributed by atoms with van der Waals surface area (Å²) in [6, 6.07) is 7.79. The normalized spacial score (nSPS) is 16.1. The first kappa shape index (κ1) is 13.9. The van der Waals surface area contributed by atoms with Crippen molar-refractivity contribution in [1.29, 1.82) is 0 Å². The first-order valence-electron chi connectivity index (χ1n) is 7.01. The average Bonchev–Trinajstić information content (AvgIpc) is 2.47. The van der Waals surface area contributed by atoms with Gasteiger partial charge in [0.05, 0.1) is 20.2 Å². The van der Waals surface area contributed by atoms with Crippen molar-refractivity contribution in [2.24, 2.45) is 0 Å². The van der Waals surface area contributed by atoms with Crippen molar-refractivity contribution >= 4 is 5.91 Å². The summed E-state index contributed by atoms with van der Waals surface area (Å²) < 4.78 is 5.10. The molecule has 4 nitrogen and oxygen atoms in total. The maximum absolute atomic E-state index is 11.9. The second-order valence-corrected chi connectivity index (χ2v) is 5.11. The Hall–Kier alpha value is -1.55. The number of quaternary nitrogens is 1. The molecule has 1 aromatic rings. The van der Waals surface area contributed by atoms with Crippen LogP contribution in [0.2, 0.25) is 0 Å². The molecule has 1 fully saturated rings. The highest BCUT2D eigenvalue weighted by Gasteiger charge is 2.16. The molecule has 0 bridgehead atoms. The van der Waals surface area contributed by atoms with Gasteiger partial charge in [-0.1, -0.05) is 12.1 Å². The minimum Gasteiger partial charge on any atom is -0.497 e. The summed E-state index contributed by atoms with van der Waals surface area (Å²) in [5.41, 5.74) is 1.10. The number of carbonyl (C=O) groups is 1. The summed E-state index contributed by atoms with van der Waals surface area (Å²) in [7, 11) is 1.65. The van der Waals surface area contributed by atoms with Gasteiger partial charge in [0.25, 0.3) is 5.91 Å². The van der Waals surface area contributed by atoms with Gasteiger partial charge in [-0.25, -0.2) is 0 Å². The third-order valence-corrected chi connectivity index (χ3v) is 3.62. The molecule has 1 saturated heterocycles. The Labute approximate surface area is 114 Å². The SMILES string of the molecule is COc1ccc(CNC(=O)C[NH+]2CCCCC2)cc1. The van der Waals surface area contributed by atoms with Crippen LogP contribution in [0.25, 0.3) is 0 Å². The van der Waals surface area contributed by atoms with Crippen molar-refractivity contribution in [1.82, 2.24) is 5.32 Å². The molecule has 0 atom stereocenters. The fourth-order valence-corrected chi connectivity index (χ4v) is 2.46. The highest BCUT2D eigenvalue weighted by atomic mass is 16.5. The smallest absolute Gasteiger partial charge is 0.275 e. The van der Waals surface area contributed by atoms with Crippen molar-refractivity contribution in [3.63, 3.8) is 0 Å². The summed E-state index contributed by atoms with van der Waals surface area (Å²) in [5.74, 6) is 0.987. The minimum absolute atomic E-state index is 0.146. The number of rotatable bonds is 5. The molecule has 0 saturated carbocycles. The number of amides is 1. The van der Waals surface area contributed by atoms with Crippen LogP contribution >= 0.6 is 0 Å². The quantitative estimate of drug-likeness (QED) is 0.806. The number of nitrogens with one attached hydrogen (secondary N) is 2. The van der Waals surface area contributed by atoms with Crippen molar-refractivity contribution in [3.05, 3.63) is 29.8 Å². The van der Waals surface area contributed by atoms with Gasteiger partial charge in [-0.15, -0.1) is 0 Å². The Kier molecular flexibility index (Phi) is 5.21. The number of ether oxygens (including phenoxy) is 1. The molecular weight excluding hydrogens is 240 g/mol. The van der Waals surface area contributed by atoms with Crippen LogP contribution in [0.3, 0.4) is 0 Å². The highest BCUT2D eigenvalue weighted by Crippen LogP contribution is 2.10. The number of piperidine rings is 1. The molecule has 0 aliphatic carbocycles. The Balaban J connectivity index is 1.72. The number of carbonyl (C=O) groups excluding carboxylic acids is 1. The van der Waals surface area contributed by atoms with E-state index in [1.807, 2.05) is 24.3 Å². The van der Waals surface area contributed by atoms with Crippen LogP contribution < -0.4 is 15.0 Å². The summed E-state index contributed by atoms with van der Waals surface area (Å²) in [6.07, 6.45) is 3.82. The molecule has 1 aliphatic rings. The van der Waals surface area contributed by atoms with Crippen LogP contribution in [0.5, 0.6) is 5.75 Å². The van der Waals surface area contributed by atoms with Crippen molar-refractivity contribution in [3.8, 4) is 5.75 Å². The number of hydrogen-bond donors (Lipinski definition) is 2. The van der Waals surface area contributed by atoms with Crippen molar-refractivity contribution in [2.75, 3.05) is 26.7 Å². The molecule has 2 rings (SSSR count). The summed E-state index contributed by atoms with van der Waals surface area (Å²) in [5, 5.41) is 2.98. The maximum Gasteiger partial charge on any atom is 0.275 e. The second-order valence-electron chi connectivity index (χ2n) is 5.11. The van der Waals surface area contributed by atoms with E-state index >= 15 is 0 Å². The van der Waals surface area contributed by atoms with Gasteiger partial charge in [-0.2, -0.15) is 0 Å². The zero-order valence-corrected chi connectivity index (χ0v) is 11.6. The van der Waals surface area contributed by atoms with E-state index in [0.29, 0.717) is 13.1 Å². The lowest BCUT2D eigenvalue weighted by molar-refractivity contribution is -0.896. The lowest BCUT2D eigenvalue weighted by Gasteiger charge is -2.22. The van der Waals surface area contributed by atoms with Gasteiger partial charge in [-0.05, 0) is 37.0 Å². The minimum atomic E-state index is 0.146. The predicted molar refractivity (Wildman–Crippen MR) is 74.3 cm³/mol. The van der Waals surface area contributed by atoms with Gasteiger partial charge >= 0.3 is 0 Å². The zero-order chi connectivity index (χ0) is 13.5. The van der Waals surface area contributed by atoms with Gasteiger partial charge in [0.15, 0.2) is 6.54 Å². The van der Waals surface area contributed by atoms with E-state index in [1.165, 1.54) is 24.2 Å². The number of benzene rings is 1. The maximum atomic E-state index is 11.9. The monoisotopic (exact) mass is 263 g/mol. The summed E-state index contributed by atoms with van der Waals surface area (Å²) in [6.45, 7) is 3.47. The van der Waals surface area contributed by atoms with Crippen LogP contribution in [0.15, 0.2) is 24.3 Å². The van der Waals surface area contributed by atoms with Crippen molar-refractivity contribution < 1.29 is 14.4 Å². The molecule has 0 aromatic heterocycles. The lowest BCUT2D eigenvalue weighted by Crippen LogP contribution is -3.13. The Morgan fingerprint density at radius 1 is 1.21 bits per heavy atom. The lowest BCUT2D eigenvalue weighted by atomic mass is 10.1. The fraction of sp³-hybridized carbons (Fsp3) is 0.533. The molecule has 1 aliphatic heterocycles. The first-order chi connectivity index (χ1) is 9.28. The molecule has 1 heterocycles. The molecule has 0 unspecified atom stereocenters. The molecule has 2 N–H and O–H groups in total. The standard InChI is InChI=1S/C15H22N2O2/c1-19-14-7-5-13(6-8-14)11-16-15(18)12-17-9-3-2-4-10-17/h5-8H,2-4,9-12H2,1H3,(H,16,18)/p+1. The molecule has 1 aromatic carbocycles. The van der Waals surface area contributed by atoms with Crippen LogP contribution in [-0.2, 0) is 11.3 Å². The molecule has 0 spiro atoms. The molecule has 104 valence electrons. The number of hydrogen-bond acceptors (Lipinski definition) is 2. The second kappa shape index (κ2) is 7.14. The van der Waals surface area contributed by atoms with E-state index in [9.17, 15) is 4.79 Å². The van der Waals surface area contributed by atoms with Crippen LogP contribution in [0.1, 0.15) is 24.8 Å². The Morgan fingerprint density at radius 3 is 2.53 bits per heavy atom. The average molecular weight is 263 g/mol. The van der Waals surface area contributed by atoms with Crippen LogP contribution in [0, 0.1) is 0 Å². The van der Waals surface area contributed by atoms with Crippen molar-refractivity contribution in [2.45, 2.75) is 25.8 Å². The molecule has 19 heavy (non-hydrogen) atoms. The van der Waals surface area contributed by atoms with E-state index in [-0.39, 0.29) is 5.91 Å². The third-order valence-electron chi connectivity index (χ3n) is 3.62. The van der Waals surface area contributed by atoms with Crippen LogP contribution in [0.4, 0.5) is 0 Å². The van der Waals surface area contributed by atoms with Gasteiger partial charge in [0.2, 0.25) is 0 Å². The predicted octanol–water partition coefficient (Wildman–Crippen LogP) is 0.380. The van der Waals surface area contributed by atoms with Gasteiger partial charge in [0, 0.05) is 6.54 Å². The largest absolute Gasteiger partial charge is 0.497 e. The van der Waals surface area contributed by atoms with E-state index in [4.69, 9.17) is 4.74 Å². The number of methoxy groups -OCH3 is 1. The molecule has 4 heteroatoms. The van der Waals surface area contributed by atoms with Gasteiger partial charge in [-0.3, -0.25) is 4.79 Å². The highest BCUT2D eigenvalue weighted by molar-refractivity contribution is 5.76. The fourth-order valence-electron chi connectivity index (χ4n) is 2.46. The van der Waals surface area contributed by atoms with E-state index in [0.717, 1.165) is 24.4 Å².